The Kier molecular flexibility index (Phi) is 5.05. The van der Waals surface area contributed by atoms with Crippen LogP contribution in [0.5, 0.6) is 0 Å². The van der Waals surface area contributed by atoms with Gasteiger partial charge >= 0.3 is 6.18 Å². The maximum atomic E-state index is 12.7. The van der Waals surface area contributed by atoms with E-state index in [-0.39, 0.29) is 28.3 Å². The molecule has 1 aromatic heterocycles. The normalized spacial score (nSPS) is 11.2. The fourth-order valence-corrected chi connectivity index (χ4v) is 1.80. The highest BCUT2D eigenvalue weighted by Gasteiger charge is 2.31. The summed E-state index contributed by atoms with van der Waals surface area (Å²) in [6, 6.07) is 5.87. The van der Waals surface area contributed by atoms with Crippen molar-refractivity contribution in [2.75, 3.05) is 10.6 Å². The summed E-state index contributed by atoms with van der Waals surface area (Å²) >= 11 is 5.88. The molecule has 0 spiro atoms. The van der Waals surface area contributed by atoms with E-state index in [2.05, 4.69) is 20.8 Å². The van der Waals surface area contributed by atoms with Crippen LogP contribution in [0.3, 0.4) is 0 Å². The van der Waals surface area contributed by atoms with Gasteiger partial charge in [-0.2, -0.15) is 13.2 Å². The van der Waals surface area contributed by atoms with Crippen LogP contribution in [-0.4, -0.2) is 16.1 Å². The smallest absolute Gasteiger partial charge is 0.338 e. The van der Waals surface area contributed by atoms with Crippen molar-refractivity contribution in [2.45, 2.75) is 19.5 Å². The molecule has 0 atom stereocenters. The molecular formula is C14H12ClF3N4O. The fourth-order valence-electron chi connectivity index (χ4n) is 1.63. The van der Waals surface area contributed by atoms with E-state index in [1.54, 1.807) is 6.92 Å². The second-order valence-electron chi connectivity index (χ2n) is 4.52. The van der Waals surface area contributed by atoms with Gasteiger partial charge in [-0.25, -0.2) is 0 Å². The fraction of sp³-hybridized carbons (Fsp3) is 0.214. The lowest BCUT2D eigenvalue weighted by molar-refractivity contribution is -0.137. The second kappa shape index (κ2) is 6.82. The van der Waals surface area contributed by atoms with Crippen molar-refractivity contribution in [3.8, 4) is 0 Å². The molecule has 122 valence electrons. The number of nitrogens with zero attached hydrogens (tertiary/aromatic N) is 2. The summed E-state index contributed by atoms with van der Waals surface area (Å²) in [5.41, 5.74) is -0.773. The minimum Gasteiger partial charge on any atom is -0.338 e. The van der Waals surface area contributed by atoms with E-state index in [4.69, 9.17) is 11.6 Å². The molecule has 2 rings (SSSR count). The lowest BCUT2D eigenvalue weighted by Gasteiger charge is -2.12. The molecule has 0 radical (unpaired) electrons. The highest BCUT2D eigenvalue weighted by atomic mass is 35.5. The Morgan fingerprint density at radius 2 is 1.83 bits per heavy atom. The number of aromatic nitrogens is 2. The van der Waals surface area contributed by atoms with E-state index < -0.39 is 11.7 Å². The van der Waals surface area contributed by atoms with Gasteiger partial charge in [0.05, 0.1) is 16.3 Å². The van der Waals surface area contributed by atoms with Crippen molar-refractivity contribution in [3.63, 3.8) is 0 Å². The van der Waals surface area contributed by atoms with E-state index >= 15 is 0 Å². The summed E-state index contributed by atoms with van der Waals surface area (Å²) < 4.78 is 38.1. The number of anilines is 3. The minimum absolute atomic E-state index is 0.0566. The standard InChI is InChI=1S/C14H12ClF3N4O/c1-2-13(23)20-12-6-5-11(21-22-12)19-10-7-8(14(16,17)18)3-4-9(10)15/h3-7H,2H2,1H3,(H,19,21)(H,20,22,23). The maximum Gasteiger partial charge on any atom is 0.416 e. The first-order valence-corrected chi connectivity index (χ1v) is 6.94. The zero-order chi connectivity index (χ0) is 17.0. The lowest BCUT2D eigenvalue weighted by atomic mass is 10.2. The monoisotopic (exact) mass is 344 g/mol. The Morgan fingerprint density at radius 3 is 2.39 bits per heavy atom. The van der Waals surface area contributed by atoms with Gasteiger partial charge in [-0.3, -0.25) is 4.79 Å². The van der Waals surface area contributed by atoms with Crippen molar-refractivity contribution in [1.82, 2.24) is 10.2 Å². The van der Waals surface area contributed by atoms with Gasteiger partial charge in [0.2, 0.25) is 5.91 Å². The predicted octanol–water partition coefficient (Wildman–Crippen LogP) is 4.24. The Balaban J connectivity index is 2.17. The van der Waals surface area contributed by atoms with Crippen LogP contribution in [0.15, 0.2) is 30.3 Å². The van der Waals surface area contributed by atoms with Gasteiger partial charge < -0.3 is 10.6 Å². The van der Waals surface area contributed by atoms with Crippen LogP contribution in [0.2, 0.25) is 5.02 Å². The SMILES string of the molecule is CCC(=O)Nc1ccc(Nc2cc(C(F)(F)F)ccc2Cl)nn1. The number of halogens is 4. The predicted molar refractivity (Wildman–Crippen MR) is 80.7 cm³/mol. The van der Waals surface area contributed by atoms with Crippen molar-refractivity contribution < 1.29 is 18.0 Å². The first-order chi connectivity index (χ1) is 10.8. The third-order valence-corrected chi connectivity index (χ3v) is 3.14. The van der Waals surface area contributed by atoms with Crippen molar-refractivity contribution in [2.24, 2.45) is 0 Å². The molecule has 0 aliphatic carbocycles. The van der Waals surface area contributed by atoms with Gasteiger partial charge in [0, 0.05) is 6.42 Å². The Bertz CT molecular complexity index is 704. The van der Waals surface area contributed by atoms with Gasteiger partial charge in [-0.15, -0.1) is 10.2 Å². The molecule has 0 saturated heterocycles. The zero-order valence-corrected chi connectivity index (χ0v) is 12.7. The van der Waals surface area contributed by atoms with Gasteiger partial charge in [0.1, 0.15) is 0 Å². The van der Waals surface area contributed by atoms with Crippen molar-refractivity contribution in [1.29, 1.82) is 0 Å². The van der Waals surface area contributed by atoms with Crippen LogP contribution in [0.1, 0.15) is 18.9 Å². The minimum atomic E-state index is -4.47. The molecule has 2 N–H and O–H groups in total. The summed E-state index contributed by atoms with van der Waals surface area (Å²) in [7, 11) is 0. The summed E-state index contributed by atoms with van der Waals surface area (Å²) in [5.74, 6) is 0.221. The molecule has 0 fully saturated rings. The van der Waals surface area contributed by atoms with Crippen LogP contribution in [0, 0.1) is 0 Å². The second-order valence-corrected chi connectivity index (χ2v) is 4.93. The van der Waals surface area contributed by atoms with Crippen LogP contribution in [0.25, 0.3) is 0 Å². The number of benzene rings is 1. The number of carbonyl (C=O) groups is 1. The summed E-state index contributed by atoms with van der Waals surface area (Å²) in [4.78, 5) is 11.2. The largest absolute Gasteiger partial charge is 0.416 e. The molecule has 9 heteroatoms. The number of nitrogens with one attached hydrogen (secondary N) is 2. The number of rotatable bonds is 4. The van der Waals surface area contributed by atoms with E-state index in [9.17, 15) is 18.0 Å². The molecule has 0 bridgehead atoms. The molecule has 5 nitrogen and oxygen atoms in total. The number of carbonyl (C=O) groups excluding carboxylic acids is 1. The first-order valence-electron chi connectivity index (χ1n) is 6.57. The quantitative estimate of drug-likeness (QED) is 0.870. The first kappa shape index (κ1) is 17.0. The Labute approximate surface area is 134 Å². The number of alkyl halides is 3. The third-order valence-electron chi connectivity index (χ3n) is 2.81. The average molecular weight is 345 g/mol. The van der Waals surface area contributed by atoms with Crippen LogP contribution >= 0.6 is 11.6 Å². The molecule has 1 amide bonds. The van der Waals surface area contributed by atoms with Gasteiger partial charge in [0.15, 0.2) is 11.6 Å². The Hall–Kier alpha value is -2.35. The zero-order valence-electron chi connectivity index (χ0n) is 11.9. The highest BCUT2D eigenvalue weighted by molar-refractivity contribution is 6.33. The summed E-state index contributed by atoms with van der Waals surface area (Å²) in [5, 5.41) is 12.8. The Morgan fingerprint density at radius 1 is 1.17 bits per heavy atom. The number of hydrogen-bond donors (Lipinski definition) is 2. The molecule has 1 aromatic carbocycles. The van der Waals surface area contributed by atoms with Crippen LogP contribution in [0.4, 0.5) is 30.5 Å². The van der Waals surface area contributed by atoms with Gasteiger partial charge in [-0.1, -0.05) is 18.5 Å². The van der Waals surface area contributed by atoms with Crippen LogP contribution < -0.4 is 10.6 Å². The number of amides is 1. The summed E-state index contributed by atoms with van der Waals surface area (Å²) in [6.45, 7) is 1.69. The average Bonchev–Trinajstić information content (AvgIpc) is 2.50. The molecule has 1 heterocycles. The summed E-state index contributed by atoms with van der Waals surface area (Å²) in [6.07, 6.45) is -4.18. The van der Waals surface area contributed by atoms with Crippen molar-refractivity contribution >= 4 is 34.8 Å². The van der Waals surface area contributed by atoms with E-state index in [1.807, 2.05) is 0 Å². The molecule has 23 heavy (non-hydrogen) atoms. The van der Waals surface area contributed by atoms with E-state index in [0.29, 0.717) is 6.42 Å². The topological polar surface area (TPSA) is 66.9 Å². The third kappa shape index (κ3) is 4.56. The van der Waals surface area contributed by atoms with E-state index in [1.165, 1.54) is 12.1 Å². The maximum absolute atomic E-state index is 12.7. The van der Waals surface area contributed by atoms with Crippen molar-refractivity contribution in [3.05, 3.63) is 40.9 Å². The number of hydrogen-bond acceptors (Lipinski definition) is 4. The molecule has 0 aliphatic rings. The molecule has 0 unspecified atom stereocenters. The lowest BCUT2D eigenvalue weighted by Crippen LogP contribution is -2.11. The molecule has 0 aliphatic heterocycles. The van der Waals surface area contributed by atoms with Gasteiger partial charge in [0.25, 0.3) is 0 Å². The molecule has 2 aromatic rings. The van der Waals surface area contributed by atoms with E-state index in [0.717, 1.165) is 18.2 Å². The van der Waals surface area contributed by atoms with Gasteiger partial charge in [-0.05, 0) is 30.3 Å². The highest BCUT2D eigenvalue weighted by Crippen LogP contribution is 2.34. The molecular weight excluding hydrogens is 333 g/mol. The molecule has 0 saturated carbocycles. The van der Waals surface area contributed by atoms with Crippen LogP contribution in [-0.2, 0) is 11.0 Å².